The molecule has 0 amide bonds. The summed E-state index contributed by atoms with van der Waals surface area (Å²) in [4.78, 5) is 21.8. The first kappa shape index (κ1) is 14.2. The van der Waals surface area contributed by atoms with Crippen molar-refractivity contribution in [2.75, 3.05) is 18.0 Å². The standard InChI is InChI=1S/C19H22N4O/c24-18-16-13-21(12-14-4-2-1-3-5-14)9-8-17(16)23-11-10-22(15-6-7-15)19(23)20-18/h1-5,15H,6-13H2. The first-order valence-corrected chi connectivity index (χ1v) is 8.95. The van der Waals surface area contributed by atoms with Crippen molar-refractivity contribution < 1.29 is 0 Å². The van der Waals surface area contributed by atoms with Gasteiger partial charge in [0.15, 0.2) is 0 Å². The van der Waals surface area contributed by atoms with Gasteiger partial charge in [-0.2, -0.15) is 4.98 Å². The van der Waals surface area contributed by atoms with E-state index in [1.54, 1.807) is 0 Å². The van der Waals surface area contributed by atoms with Gasteiger partial charge in [0.1, 0.15) is 0 Å². The molecule has 0 atom stereocenters. The fourth-order valence-corrected chi connectivity index (χ4v) is 4.11. The Hall–Kier alpha value is -2.14. The zero-order valence-electron chi connectivity index (χ0n) is 13.8. The fourth-order valence-electron chi connectivity index (χ4n) is 4.11. The minimum absolute atomic E-state index is 0.0124. The monoisotopic (exact) mass is 322 g/mol. The zero-order valence-corrected chi connectivity index (χ0v) is 13.8. The zero-order chi connectivity index (χ0) is 16.1. The molecular weight excluding hydrogens is 300 g/mol. The smallest absolute Gasteiger partial charge is 0.279 e. The highest BCUT2D eigenvalue weighted by Gasteiger charge is 2.36. The van der Waals surface area contributed by atoms with Gasteiger partial charge in [-0.15, -0.1) is 0 Å². The second-order valence-corrected chi connectivity index (χ2v) is 7.16. The number of hydrogen-bond acceptors (Lipinski definition) is 4. The molecule has 5 heteroatoms. The molecule has 2 aliphatic heterocycles. The molecule has 0 radical (unpaired) electrons. The number of nitrogens with zero attached hydrogens (tertiary/aromatic N) is 4. The van der Waals surface area contributed by atoms with E-state index in [0.29, 0.717) is 6.04 Å². The maximum atomic E-state index is 12.6. The minimum atomic E-state index is -0.0124. The molecule has 3 aliphatic rings. The second kappa shape index (κ2) is 5.45. The van der Waals surface area contributed by atoms with Crippen LogP contribution in [0.4, 0.5) is 5.95 Å². The molecule has 1 fully saturated rings. The molecule has 0 bridgehead atoms. The Bertz CT molecular complexity index is 825. The molecule has 24 heavy (non-hydrogen) atoms. The predicted molar refractivity (Wildman–Crippen MR) is 93.1 cm³/mol. The van der Waals surface area contributed by atoms with Crippen LogP contribution in [-0.4, -0.2) is 33.6 Å². The van der Waals surface area contributed by atoms with Gasteiger partial charge >= 0.3 is 0 Å². The van der Waals surface area contributed by atoms with Crippen LogP contribution in [0.5, 0.6) is 0 Å². The molecule has 0 unspecified atom stereocenters. The summed E-state index contributed by atoms with van der Waals surface area (Å²) in [7, 11) is 0. The van der Waals surface area contributed by atoms with Crippen molar-refractivity contribution in [2.24, 2.45) is 0 Å². The fraction of sp³-hybridized carbons (Fsp3) is 0.474. The molecular formula is C19H22N4O. The minimum Gasteiger partial charge on any atom is -0.337 e. The predicted octanol–water partition coefficient (Wildman–Crippen LogP) is 1.78. The van der Waals surface area contributed by atoms with Crippen molar-refractivity contribution in [3.05, 3.63) is 57.5 Å². The van der Waals surface area contributed by atoms with Gasteiger partial charge in [-0.25, -0.2) is 0 Å². The number of rotatable bonds is 3. The van der Waals surface area contributed by atoms with E-state index in [2.05, 4.69) is 43.6 Å². The molecule has 3 heterocycles. The topological polar surface area (TPSA) is 41.4 Å². The lowest BCUT2D eigenvalue weighted by molar-refractivity contribution is 0.239. The summed E-state index contributed by atoms with van der Waals surface area (Å²) >= 11 is 0. The number of fused-ring (bicyclic) bond motifs is 3. The lowest BCUT2D eigenvalue weighted by atomic mass is 10.1. The third kappa shape index (κ3) is 2.35. The first-order valence-electron chi connectivity index (χ1n) is 8.95. The number of hydrogen-bond donors (Lipinski definition) is 0. The van der Waals surface area contributed by atoms with Crippen LogP contribution >= 0.6 is 0 Å². The molecule has 0 N–H and O–H groups in total. The van der Waals surface area contributed by atoms with Crippen LogP contribution in [0, 0.1) is 0 Å². The molecule has 1 aromatic heterocycles. The Kier molecular flexibility index (Phi) is 3.23. The van der Waals surface area contributed by atoms with Gasteiger partial charge in [-0.1, -0.05) is 30.3 Å². The van der Waals surface area contributed by atoms with Crippen LogP contribution in [0.25, 0.3) is 0 Å². The summed E-state index contributed by atoms with van der Waals surface area (Å²) < 4.78 is 2.31. The lowest BCUT2D eigenvalue weighted by Gasteiger charge is -2.30. The molecule has 0 spiro atoms. The Labute approximate surface area is 141 Å². The quantitative estimate of drug-likeness (QED) is 0.864. The molecule has 2 aromatic rings. The Morgan fingerprint density at radius 3 is 2.71 bits per heavy atom. The maximum Gasteiger partial charge on any atom is 0.279 e. The van der Waals surface area contributed by atoms with Crippen LogP contribution in [0.15, 0.2) is 35.1 Å². The molecule has 0 saturated heterocycles. The van der Waals surface area contributed by atoms with Crippen molar-refractivity contribution in [3.8, 4) is 0 Å². The van der Waals surface area contributed by atoms with Crippen LogP contribution in [-0.2, 0) is 26.1 Å². The van der Waals surface area contributed by atoms with Gasteiger partial charge < -0.3 is 9.47 Å². The van der Waals surface area contributed by atoms with E-state index < -0.39 is 0 Å². The number of benzene rings is 1. The summed E-state index contributed by atoms with van der Waals surface area (Å²) in [5.41, 5.74) is 3.44. The van der Waals surface area contributed by atoms with E-state index in [0.717, 1.165) is 50.7 Å². The highest BCUT2D eigenvalue weighted by Crippen LogP contribution is 2.34. The second-order valence-electron chi connectivity index (χ2n) is 7.16. The van der Waals surface area contributed by atoms with E-state index in [-0.39, 0.29) is 5.56 Å². The van der Waals surface area contributed by atoms with Gasteiger partial charge in [0, 0.05) is 50.9 Å². The number of anilines is 1. The molecule has 124 valence electrons. The van der Waals surface area contributed by atoms with Crippen LogP contribution in [0.1, 0.15) is 29.7 Å². The van der Waals surface area contributed by atoms with E-state index in [1.807, 2.05) is 6.07 Å². The Morgan fingerprint density at radius 2 is 1.92 bits per heavy atom. The van der Waals surface area contributed by atoms with Gasteiger partial charge in [0.05, 0.1) is 5.56 Å². The Morgan fingerprint density at radius 1 is 1.08 bits per heavy atom. The number of aromatic nitrogens is 2. The van der Waals surface area contributed by atoms with Gasteiger partial charge in [0.25, 0.3) is 5.56 Å². The van der Waals surface area contributed by atoms with Crippen molar-refractivity contribution in [3.63, 3.8) is 0 Å². The van der Waals surface area contributed by atoms with Gasteiger partial charge in [0.2, 0.25) is 5.95 Å². The molecule has 1 aromatic carbocycles. The maximum absolute atomic E-state index is 12.6. The lowest BCUT2D eigenvalue weighted by Crippen LogP contribution is -2.37. The van der Waals surface area contributed by atoms with Crippen molar-refractivity contribution in [1.29, 1.82) is 0 Å². The SMILES string of the molecule is O=c1nc2n(c3c1CN(Cc1ccccc1)CC3)CCN2C1CC1. The molecule has 1 aliphatic carbocycles. The summed E-state index contributed by atoms with van der Waals surface area (Å²) in [5, 5.41) is 0. The van der Waals surface area contributed by atoms with E-state index in [9.17, 15) is 4.79 Å². The highest BCUT2D eigenvalue weighted by molar-refractivity contribution is 5.42. The molecule has 1 saturated carbocycles. The van der Waals surface area contributed by atoms with E-state index in [1.165, 1.54) is 24.1 Å². The van der Waals surface area contributed by atoms with E-state index in [4.69, 9.17) is 0 Å². The Balaban J connectivity index is 1.44. The third-order valence-electron chi connectivity index (χ3n) is 5.48. The average molecular weight is 322 g/mol. The van der Waals surface area contributed by atoms with Crippen LogP contribution < -0.4 is 10.5 Å². The summed E-state index contributed by atoms with van der Waals surface area (Å²) in [5.74, 6) is 0.928. The average Bonchev–Trinajstić information content (AvgIpc) is 3.36. The van der Waals surface area contributed by atoms with E-state index >= 15 is 0 Å². The summed E-state index contributed by atoms with van der Waals surface area (Å²) in [6.07, 6.45) is 3.45. The van der Waals surface area contributed by atoms with Crippen molar-refractivity contribution in [1.82, 2.24) is 14.5 Å². The first-order chi connectivity index (χ1) is 11.8. The third-order valence-corrected chi connectivity index (χ3v) is 5.48. The highest BCUT2D eigenvalue weighted by atomic mass is 16.1. The van der Waals surface area contributed by atoms with Crippen molar-refractivity contribution in [2.45, 2.75) is 44.9 Å². The van der Waals surface area contributed by atoms with Gasteiger partial charge in [-0.3, -0.25) is 9.69 Å². The molecule has 5 rings (SSSR count). The normalized spacial score (nSPS) is 20.1. The largest absolute Gasteiger partial charge is 0.337 e. The van der Waals surface area contributed by atoms with Gasteiger partial charge in [-0.05, 0) is 18.4 Å². The molecule has 5 nitrogen and oxygen atoms in total. The van der Waals surface area contributed by atoms with Crippen molar-refractivity contribution >= 4 is 5.95 Å². The summed E-state index contributed by atoms with van der Waals surface area (Å²) in [6.45, 7) is 4.63. The summed E-state index contributed by atoms with van der Waals surface area (Å²) in [6, 6.07) is 11.1. The van der Waals surface area contributed by atoms with Crippen LogP contribution in [0.2, 0.25) is 0 Å². The van der Waals surface area contributed by atoms with Crippen LogP contribution in [0.3, 0.4) is 0 Å².